The molecule has 0 spiro atoms. The molecule has 0 unspecified atom stereocenters. The van der Waals surface area contributed by atoms with Crippen LogP contribution in [0, 0.1) is 5.92 Å². The van der Waals surface area contributed by atoms with Gasteiger partial charge in [-0.3, -0.25) is 0 Å². The summed E-state index contributed by atoms with van der Waals surface area (Å²) in [6.07, 6.45) is 6.78. The monoisotopic (exact) mass is 221 g/mol. The summed E-state index contributed by atoms with van der Waals surface area (Å²) in [4.78, 5) is 0. The molecule has 0 aliphatic heterocycles. The highest BCUT2D eigenvalue weighted by atomic mass is 16.3. The topological polar surface area (TPSA) is 32.3 Å². The molecule has 0 atom stereocenters. The van der Waals surface area contributed by atoms with E-state index in [0.717, 1.165) is 5.57 Å². The van der Waals surface area contributed by atoms with E-state index in [-0.39, 0.29) is 6.61 Å². The quantitative estimate of drug-likeness (QED) is 0.700. The highest BCUT2D eigenvalue weighted by molar-refractivity contribution is 5.46. The van der Waals surface area contributed by atoms with Crippen LogP contribution in [0.25, 0.3) is 0 Å². The average molecular weight is 221 g/mol. The van der Waals surface area contributed by atoms with Crippen LogP contribution < -0.4 is 5.32 Å². The Hall–Kier alpha value is -1.02. The second kappa shape index (κ2) is 5.90. The number of hydrogen-bond acceptors (Lipinski definition) is 2. The molecular weight excluding hydrogens is 198 g/mol. The number of aliphatic hydroxyl groups is 1. The van der Waals surface area contributed by atoms with Crippen LogP contribution in [0.3, 0.4) is 0 Å². The maximum Gasteiger partial charge on any atom is 0.0642 e. The fraction of sp³-hybridized carbons (Fsp3) is 0.571. The molecule has 0 saturated heterocycles. The molecule has 1 fully saturated rings. The van der Waals surface area contributed by atoms with Crippen molar-refractivity contribution < 1.29 is 5.11 Å². The van der Waals surface area contributed by atoms with Crippen molar-refractivity contribution in [3.63, 3.8) is 0 Å². The Kier molecular flexibility index (Phi) is 4.81. The van der Waals surface area contributed by atoms with Crippen molar-refractivity contribution in [2.24, 2.45) is 5.92 Å². The number of allylic oxidation sites excluding steroid dienone is 4. The summed E-state index contributed by atoms with van der Waals surface area (Å²) < 4.78 is 0. The largest absolute Gasteiger partial charge is 0.394 e. The third kappa shape index (κ3) is 3.53. The standard InChI is InChI=1S/C14H23NO/c1-10(2)13(7-11(3)9-16)14(8-15-4)12-5-6-12/h7-8,12,15-16H,5-6,9H2,1-4H3/b11-7+,14-8-. The van der Waals surface area contributed by atoms with Crippen molar-refractivity contribution in [1.29, 1.82) is 0 Å². The molecule has 1 aliphatic rings. The Labute approximate surface area is 98.8 Å². The molecule has 2 N–H and O–H groups in total. The minimum Gasteiger partial charge on any atom is -0.394 e. The number of nitrogens with one attached hydrogen (secondary N) is 1. The van der Waals surface area contributed by atoms with Gasteiger partial charge in [-0.25, -0.2) is 0 Å². The molecule has 90 valence electrons. The van der Waals surface area contributed by atoms with Crippen LogP contribution in [0.5, 0.6) is 0 Å². The Morgan fingerprint density at radius 3 is 2.31 bits per heavy atom. The van der Waals surface area contributed by atoms with Crippen molar-refractivity contribution in [2.75, 3.05) is 13.7 Å². The Bertz CT molecular complexity index is 329. The zero-order chi connectivity index (χ0) is 12.1. The first-order valence-electron chi connectivity index (χ1n) is 5.93. The van der Waals surface area contributed by atoms with E-state index in [1.54, 1.807) is 0 Å². The summed E-state index contributed by atoms with van der Waals surface area (Å²) in [5.41, 5.74) is 4.98. The normalized spacial score (nSPS) is 17.3. The number of rotatable bonds is 5. The molecule has 0 amide bonds. The van der Waals surface area contributed by atoms with Crippen LogP contribution in [0.4, 0.5) is 0 Å². The molecule has 0 heterocycles. The smallest absolute Gasteiger partial charge is 0.0642 e. The van der Waals surface area contributed by atoms with Crippen molar-refractivity contribution in [1.82, 2.24) is 5.32 Å². The lowest BCUT2D eigenvalue weighted by atomic mass is 9.96. The van der Waals surface area contributed by atoms with Gasteiger partial charge in [0.15, 0.2) is 0 Å². The van der Waals surface area contributed by atoms with E-state index in [1.165, 1.54) is 29.6 Å². The molecule has 1 aliphatic carbocycles. The van der Waals surface area contributed by atoms with Crippen LogP contribution in [0.15, 0.2) is 34.6 Å². The molecule has 0 aromatic carbocycles. The third-order valence-corrected chi connectivity index (χ3v) is 2.81. The summed E-state index contributed by atoms with van der Waals surface area (Å²) in [6.45, 7) is 6.35. The summed E-state index contributed by atoms with van der Waals surface area (Å²) in [5, 5.41) is 12.2. The van der Waals surface area contributed by atoms with Gasteiger partial charge in [0.1, 0.15) is 0 Å². The lowest BCUT2D eigenvalue weighted by Crippen LogP contribution is -2.02. The second-order valence-corrected chi connectivity index (χ2v) is 4.73. The molecule has 16 heavy (non-hydrogen) atoms. The van der Waals surface area contributed by atoms with Gasteiger partial charge in [0.2, 0.25) is 0 Å². The molecule has 0 bridgehead atoms. The van der Waals surface area contributed by atoms with Gasteiger partial charge in [0.25, 0.3) is 0 Å². The Morgan fingerprint density at radius 1 is 1.31 bits per heavy atom. The lowest BCUT2D eigenvalue weighted by Gasteiger charge is -2.11. The summed E-state index contributed by atoms with van der Waals surface area (Å²) in [6, 6.07) is 0. The molecule has 1 saturated carbocycles. The van der Waals surface area contributed by atoms with E-state index >= 15 is 0 Å². The van der Waals surface area contributed by atoms with Crippen molar-refractivity contribution in [2.45, 2.75) is 33.6 Å². The van der Waals surface area contributed by atoms with Gasteiger partial charge in [0, 0.05) is 13.2 Å². The highest BCUT2D eigenvalue weighted by Crippen LogP contribution is 2.41. The second-order valence-electron chi connectivity index (χ2n) is 4.73. The van der Waals surface area contributed by atoms with Gasteiger partial charge < -0.3 is 10.4 Å². The molecular formula is C14H23NO. The molecule has 0 radical (unpaired) electrons. The van der Waals surface area contributed by atoms with Crippen LogP contribution >= 0.6 is 0 Å². The predicted molar refractivity (Wildman–Crippen MR) is 69.1 cm³/mol. The van der Waals surface area contributed by atoms with Crippen LogP contribution in [-0.2, 0) is 0 Å². The van der Waals surface area contributed by atoms with Crippen molar-refractivity contribution in [3.8, 4) is 0 Å². The molecule has 2 heteroatoms. The first kappa shape index (κ1) is 13.0. The van der Waals surface area contributed by atoms with E-state index in [2.05, 4.69) is 31.4 Å². The van der Waals surface area contributed by atoms with Gasteiger partial charge >= 0.3 is 0 Å². The Morgan fingerprint density at radius 2 is 1.94 bits per heavy atom. The zero-order valence-electron chi connectivity index (χ0n) is 10.8. The van der Waals surface area contributed by atoms with E-state index in [9.17, 15) is 0 Å². The SMILES string of the molecule is CN/C=C(\C(/C=C(\C)CO)=C(C)C)C1CC1. The first-order chi connectivity index (χ1) is 7.60. The van der Waals surface area contributed by atoms with E-state index < -0.39 is 0 Å². The van der Waals surface area contributed by atoms with Crippen molar-refractivity contribution >= 4 is 0 Å². The Balaban J connectivity index is 3.01. The maximum absolute atomic E-state index is 9.11. The van der Waals surface area contributed by atoms with Gasteiger partial charge in [-0.05, 0) is 56.3 Å². The minimum atomic E-state index is 0.133. The van der Waals surface area contributed by atoms with Gasteiger partial charge in [-0.1, -0.05) is 11.6 Å². The molecule has 0 aromatic heterocycles. The minimum absolute atomic E-state index is 0.133. The predicted octanol–water partition coefficient (Wildman–Crippen LogP) is 2.77. The first-order valence-corrected chi connectivity index (χ1v) is 5.93. The van der Waals surface area contributed by atoms with Gasteiger partial charge in [-0.2, -0.15) is 0 Å². The van der Waals surface area contributed by atoms with Crippen molar-refractivity contribution in [3.05, 3.63) is 34.6 Å². The van der Waals surface area contributed by atoms with E-state index in [0.29, 0.717) is 5.92 Å². The number of hydrogen-bond donors (Lipinski definition) is 2. The zero-order valence-corrected chi connectivity index (χ0v) is 10.8. The van der Waals surface area contributed by atoms with E-state index in [1.807, 2.05) is 14.0 Å². The molecule has 2 nitrogen and oxygen atoms in total. The summed E-state index contributed by atoms with van der Waals surface area (Å²) in [7, 11) is 1.94. The molecule has 1 rings (SSSR count). The fourth-order valence-electron chi connectivity index (χ4n) is 1.77. The highest BCUT2D eigenvalue weighted by Gasteiger charge is 2.27. The lowest BCUT2D eigenvalue weighted by molar-refractivity contribution is 0.331. The van der Waals surface area contributed by atoms with Crippen LogP contribution in [-0.4, -0.2) is 18.8 Å². The fourth-order valence-corrected chi connectivity index (χ4v) is 1.77. The van der Waals surface area contributed by atoms with Crippen LogP contribution in [0.1, 0.15) is 33.6 Å². The van der Waals surface area contributed by atoms with Gasteiger partial charge in [-0.15, -0.1) is 0 Å². The summed E-state index contributed by atoms with van der Waals surface area (Å²) in [5.74, 6) is 0.708. The molecule has 0 aromatic rings. The van der Waals surface area contributed by atoms with Gasteiger partial charge in [0.05, 0.1) is 6.61 Å². The van der Waals surface area contributed by atoms with E-state index in [4.69, 9.17) is 5.11 Å². The maximum atomic E-state index is 9.11. The summed E-state index contributed by atoms with van der Waals surface area (Å²) >= 11 is 0. The third-order valence-electron chi connectivity index (χ3n) is 2.81. The average Bonchev–Trinajstić information content (AvgIpc) is 3.06. The van der Waals surface area contributed by atoms with Crippen LogP contribution in [0.2, 0.25) is 0 Å². The number of aliphatic hydroxyl groups excluding tert-OH is 1.